The first-order valence-electron chi connectivity index (χ1n) is 9.38. The Labute approximate surface area is 170 Å². The zero-order valence-corrected chi connectivity index (χ0v) is 17.8. The predicted molar refractivity (Wildman–Crippen MR) is 115 cm³/mol. The molecule has 1 heterocycles. The third kappa shape index (κ3) is 4.78. The summed E-state index contributed by atoms with van der Waals surface area (Å²) < 4.78 is 5.82. The summed E-state index contributed by atoms with van der Waals surface area (Å²) >= 11 is 1.62. The average Bonchev–Trinajstić information content (AvgIpc) is 2.99. The van der Waals surface area contributed by atoms with Gasteiger partial charge in [0, 0.05) is 10.4 Å². The van der Waals surface area contributed by atoms with Gasteiger partial charge >= 0.3 is 0 Å². The molecule has 0 saturated heterocycles. The molecule has 4 nitrogen and oxygen atoms in total. The van der Waals surface area contributed by atoms with Crippen molar-refractivity contribution in [2.75, 3.05) is 0 Å². The standard InChI is InChI=1S/C23H26N2O2S/c1-14-10-15(2)12-19(11-14)27-18(5)22(26)24-13-21-17(4)25-23(28-21)20-9-7-6-8-16(20)3/h6-12,18H,13H2,1-5H3,(H,24,26). The van der Waals surface area contributed by atoms with Crippen molar-refractivity contribution in [3.05, 3.63) is 69.7 Å². The molecule has 0 radical (unpaired) electrons. The molecule has 0 aliphatic carbocycles. The number of hydrogen-bond acceptors (Lipinski definition) is 4. The van der Waals surface area contributed by atoms with Gasteiger partial charge in [0.2, 0.25) is 0 Å². The van der Waals surface area contributed by atoms with Gasteiger partial charge in [-0.05, 0) is 63.4 Å². The van der Waals surface area contributed by atoms with Gasteiger partial charge in [-0.2, -0.15) is 0 Å². The highest BCUT2D eigenvalue weighted by Gasteiger charge is 2.17. The third-order valence-corrected chi connectivity index (χ3v) is 5.76. The smallest absolute Gasteiger partial charge is 0.261 e. The lowest BCUT2D eigenvalue weighted by molar-refractivity contribution is -0.127. The van der Waals surface area contributed by atoms with Crippen LogP contribution in [-0.4, -0.2) is 17.0 Å². The minimum atomic E-state index is -0.565. The summed E-state index contributed by atoms with van der Waals surface area (Å²) in [5.74, 6) is 0.584. The van der Waals surface area contributed by atoms with Crippen LogP contribution >= 0.6 is 11.3 Å². The van der Waals surface area contributed by atoms with Gasteiger partial charge in [-0.3, -0.25) is 4.79 Å². The van der Waals surface area contributed by atoms with Crippen LogP contribution in [0.25, 0.3) is 10.6 Å². The van der Waals surface area contributed by atoms with Crippen molar-refractivity contribution in [3.63, 3.8) is 0 Å². The minimum Gasteiger partial charge on any atom is -0.481 e. The molecule has 0 saturated carbocycles. The summed E-state index contributed by atoms with van der Waals surface area (Å²) in [4.78, 5) is 18.2. The molecule has 1 N–H and O–H groups in total. The van der Waals surface area contributed by atoms with Crippen molar-refractivity contribution < 1.29 is 9.53 Å². The summed E-state index contributed by atoms with van der Waals surface area (Å²) in [6.45, 7) is 10.3. The van der Waals surface area contributed by atoms with Gasteiger partial charge in [-0.15, -0.1) is 11.3 Å². The first-order valence-corrected chi connectivity index (χ1v) is 10.2. The number of carbonyl (C=O) groups is 1. The van der Waals surface area contributed by atoms with Crippen molar-refractivity contribution >= 4 is 17.2 Å². The highest BCUT2D eigenvalue weighted by Crippen LogP contribution is 2.30. The minimum absolute atomic E-state index is 0.135. The van der Waals surface area contributed by atoms with Gasteiger partial charge in [0.25, 0.3) is 5.91 Å². The number of aromatic nitrogens is 1. The van der Waals surface area contributed by atoms with Crippen molar-refractivity contribution in [1.29, 1.82) is 0 Å². The van der Waals surface area contributed by atoms with E-state index >= 15 is 0 Å². The Hall–Kier alpha value is -2.66. The average molecular weight is 395 g/mol. The van der Waals surface area contributed by atoms with Crippen LogP contribution in [0.5, 0.6) is 5.75 Å². The maximum atomic E-state index is 12.5. The molecule has 3 rings (SSSR count). The van der Waals surface area contributed by atoms with Gasteiger partial charge in [0.15, 0.2) is 6.10 Å². The van der Waals surface area contributed by atoms with E-state index in [0.29, 0.717) is 6.54 Å². The molecule has 2 aromatic carbocycles. The van der Waals surface area contributed by atoms with Crippen LogP contribution in [0.1, 0.15) is 34.2 Å². The molecule has 28 heavy (non-hydrogen) atoms. The van der Waals surface area contributed by atoms with Crippen molar-refractivity contribution in [3.8, 4) is 16.3 Å². The number of amides is 1. The highest BCUT2D eigenvalue weighted by atomic mass is 32.1. The van der Waals surface area contributed by atoms with Gasteiger partial charge in [0.05, 0.1) is 12.2 Å². The summed E-state index contributed by atoms with van der Waals surface area (Å²) in [7, 11) is 0. The van der Waals surface area contributed by atoms with Crippen LogP contribution in [0, 0.1) is 27.7 Å². The second kappa shape index (κ2) is 8.57. The van der Waals surface area contributed by atoms with Gasteiger partial charge < -0.3 is 10.1 Å². The summed E-state index contributed by atoms with van der Waals surface area (Å²) in [6.07, 6.45) is -0.565. The number of benzene rings is 2. The van der Waals surface area contributed by atoms with Crippen LogP contribution in [0.4, 0.5) is 0 Å². The van der Waals surface area contributed by atoms with Crippen LogP contribution in [0.15, 0.2) is 42.5 Å². The second-order valence-electron chi connectivity index (χ2n) is 7.14. The maximum absolute atomic E-state index is 12.5. The number of carbonyl (C=O) groups excluding carboxylic acids is 1. The fraction of sp³-hybridized carbons (Fsp3) is 0.304. The first kappa shape index (κ1) is 20.1. The van der Waals surface area contributed by atoms with E-state index in [1.165, 1.54) is 5.56 Å². The van der Waals surface area contributed by atoms with Gasteiger partial charge in [-0.25, -0.2) is 4.98 Å². The summed E-state index contributed by atoms with van der Waals surface area (Å²) in [6, 6.07) is 14.2. The Morgan fingerprint density at radius 3 is 2.46 bits per heavy atom. The molecule has 0 aliphatic heterocycles. The lowest BCUT2D eigenvalue weighted by Crippen LogP contribution is -2.35. The monoisotopic (exact) mass is 394 g/mol. The van der Waals surface area contributed by atoms with E-state index in [9.17, 15) is 4.79 Å². The molecule has 1 amide bonds. The number of nitrogens with one attached hydrogen (secondary N) is 1. The Kier molecular flexibility index (Phi) is 6.15. The molecule has 1 aromatic heterocycles. The van der Waals surface area contributed by atoms with Crippen molar-refractivity contribution in [1.82, 2.24) is 10.3 Å². The fourth-order valence-corrected chi connectivity index (χ4v) is 4.18. The molecule has 1 unspecified atom stereocenters. The molecule has 0 aliphatic rings. The Morgan fingerprint density at radius 2 is 1.79 bits per heavy atom. The second-order valence-corrected chi connectivity index (χ2v) is 8.23. The zero-order chi connectivity index (χ0) is 20.3. The normalized spacial score (nSPS) is 11.9. The van der Waals surface area contributed by atoms with E-state index in [1.807, 2.05) is 45.0 Å². The molecule has 0 bridgehead atoms. The molecule has 0 fully saturated rings. The predicted octanol–water partition coefficient (Wildman–Crippen LogP) is 5.13. The fourth-order valence-electron chi connectivity index (χ4n) is 3.09. The van der Waals surface area contributed by atoms with E-state index in [-0.39, 0.29) is 5.91 Å². The molecule has 3 aromatic rings. The number of aryl methyl sites for hydroxylation is 4. The Morgan fingerprint density at radius 1 is 1.11 bits per heavy atom. The molecular formula is C23H26N2O2S. The van der Waals surface area contributed by atoms with Crippen LogP contribution in [0.3, 0.4) is 0 Å². The summed E-state index contributed by atoms with van der Waals surface area (Å²) in [5, 5.41) is 3.96. The lowest BCUT2D eigenvalue weighted by atomic mass is 10.1. The van der Waals surface area contributed by atoms with E-state index in [0.717, 1.165) is 38.0 Å². The number of rotatable bonds is 6. The van der Waals surface area contributed by atoms with Crippen LogP contribution in [-0.2, 0) is 11.3 Å². The Balaban J connectivity index is 1.63. The highest BCUT2D eigenvalue weighted by molar-refractivity contribution is 7.15. The van der Waals surface area contributed by atoms with Crippen molar-refractivity contribution in [2.45, 2.75) is 47.3 Å². The maximum Gasteiger partial charge on any atom is 0.261 e. The van der Waals surface area contributed by atoms with E-state index in [1.54, 1.807) is 18.3 Å². The topological polar surface area (TPSA) is 51.2 Å². The zero-order valence-electron chi connectivity index (χ0n) is 17.0. The summed E-state index contributed by atoms with van der Waals surface area (Å²) in [5.41, 5.74) is 5.52. The van der Waals surface area contributed by atoms with Crippen molar-refractivity contribution in [2.24, 2.45) is 0 Å². The first-order chi connectivity index (χ1) is 13.3. The SMILES string of the molecule is Cc1cc(C)cc(OC(C)C(=O)NCc2sc(-c3ccccc3C)nc2C)c1. The molecule has 0 spiro atoms. The molecule has 146 valence electrons. The molecule has 5 heteroatoms. The lowest BCUT2D eigenvalue weighted by Gasteiger charge is -2.15. The molecular weight excluding hydrogens is 368 g/mol. The third-order valence-electron chi connectivity index (χ3n) is 4.57. The quantitative estimate of drug-likeness (QED) is 0.631. The van der Waals surface area contributed by atoms with Crippen LogP contribution < -0.4 is 10.1 Å². The largest absolute Gasteiger partial charge is 0.481 e. The molecule has 1 atom stereocenters. The Bertz CT molecular complexity index is 974. The number of nitrogens with zero attached hydrogens (tertiary/aromatic N) is 1. The number of ether oxygens (including phenoxy) is 1. The number of hydrogen-bond donors (Lipinski definition) is 1. The van der Waals surface area contributed by atoms with E-state index in [2.05, 4.69) is 35.4 Å². The van der Waals surface area contributed by atoms with Crippen LogP contribution in [0.2, 0.25) is 0 Å². The van der Waals surface area contributed by atoms with Gasteiger partial charge in [0.1, 0.15) is 10.8 Å². The van der Waals surface area contributed by atoms with Gasteiger partial charge in [-0.1, -0.05) is 30.3 Å². The van der Waals surface area contributed by atoms with E-state index in [4.69, 9.17) is 4.74 Å². The number of thiazole rings is 1. The van der Waals surface area contributed by atoms with E-state index < -0.39 is 6.10 Å².